The van der Waals surface area contributed by atoms with E-state index in [1.807, 2.05) is 37.3 Å². The molecule has 0 bridgehead atoms. The highest BCUT2D eigenvalue weighted by Crippen LogP contribution is 2.28. The number of carbonyl (C=O) groups excluding carboxylic acids is 3. The van der Waals surface area contributed by atoms with E-state index >= 15 is 0 Å². The average molecular weight is 527 g/mol. The molecule has 0 radical (unpaired) electrons. The molecular weight excluding hydrogens is 492 g/mol. The van der Waals surface area contributed by atoms with Gasteiger partial charge in [-0.1, -0.05) is 31.5 Å². The van der Waals surface area contributed by atoms with Crippen LogP contribution in [-0.4, -0.2) is 57.2 Å². The van der Waals surface area contributed by atoms with E-state index in [4.69, 9.17) is 0 Å². The second kappa shape index (κ2) is 11.9. The zero-order valence-corrected chi connectivity index (χ0v) is 21.9. The van der Waals surface area contributed by atoms with Gasteiger partial charge in [-0.3, -0.25) is 14.4 Å². The second-order valence-electron chi connectivity index (χ2n) is 9.61. The molecule has 0 aliphatic carbocycles. The van der Waals surface area contributed by atoms with E-state index in [0.29, 0.717) is 44.7 Å². The molecular formula is C27H34N4O5S. The first-order valence-electron chi connectivity index (χ1n) is 12.8. The summed E-state index contributed by atoms with van der Waals surface area (Å²) in [7, 11) is -3.57. The Morgan fingerprint density at radius 3 is 2.30 bits per heavy atom. The number of carbonyl (C=O) groups is 3. The van der Waals surface area contributed by atoms with Crippen LogP contribution in [0.3, 0.4) is 0 Å². The van der Waals surface area contributed by atoms with Crippen molar-refractivity contribution in [2.45, 2.75) is 43.9 Å². The summed E-state index contributed by atoms with van der Waals surface area (Å²) in [6, 6.07) is 15.5. The van der Waals surface area contributed by atoms with E-state index in [1.54, 1.807) is 21.9 Å². The molecule has 2 aliphatic heterocycles. The normalized spacial score (nSPS) is 18.7. The third-order valence-electron chi connectivity index (χ3n) is 6.97. The molecule has 2 aromatic carbocycles. The van der Waals surface area contributed by atoms with Crippen molar-refractivity contribution in [2.75, 3.05) is 36.4 Å². The fraction of sp³-hybridized carbons (Fsp3) is 0.444. The van der Waals surface area contributed by atoms with Crippen LogP contribution in [0, 0.1) is 11.8 Å². The number of sulfonamides is 1. The van der Waals surface area contributed by atoms with Crippen molar-refractivity contribution in [1.29, 1.82) is 0 Å². The summed E-state index contributed by atoms with van der Waals surface area (Å²) in [6.45, 7) is 3.69. The number of nitrogens with zero attached hydrogens (tertiary/aromatic N) is 2. The molecule has 1 atom stereocenters. The molecule has 1 unspecified atom stereocenters. The molecule has 2 heterocycles. The molecule has 3 amide bonds. The van der Waals surface area contributed by atoms with Crippen molar-refractivity contribution in [3.8, 4) is 0 Å². The third-order valence-corrected chi connectivity index (χ3v) is 8.45. The summed E-state index contributed by atoms with van der Waals surface area (Å²) in [6.07, 6.45) is 2.94. The summed E-state index contributed by atoms with van der Waals surface area (Å²) >= 11 is 0. The number of anilines is 2. The Hall–Kier alpha value is -3.24. The molecule has 2 aromatic rings. The smallest absolute Gasteiger partial charge is 0.240 e. The van der Waals surface area contributed by atoms with Crippen molar-refractivity contribution in [2.24, 2.45) is 11.8 Å². The molecule has 2 saturated heterocycles. The van der Waals surface area contributed by atoms with Gasteiger partial charge in [0.15, 0.2) is 0 Å². The standard InChI is InChI=1S/C27H34N4O5S/c1-2-3-15-28-37(35,36)24-11-9-22(10-12-24)29-26(33)20-13-16-30(17-14-20)27(34)21-18-25(32)31(19-21)23-7-5-4-6-8-23/h4-12,20-21,28H,2-3,13-19H2,1H3,(H,29,33). The highest BCUT2D eigenvalue weighted by molar-refractivity contribution is 7.89. The molecule has 0 saturated carbocycles. The Morgan fingerprint density at radius 2 is 1.65 bits per heavy atom. The molecule has 10 heteroatoms. The van der Waals surface area contributed by atoms with Crippen molar-refractivity contribution in [1.82, 2.24) is 9.62 Å². The Labute approximate surface area is 218 Å². The Balaban J connectivity index is 1.26. The molecule has 37 heavy (non-hydrogen) atoms. The maximum absolute atomic E-state index is 13.1. The first-order chi connectivity index (χ1) is 17.8. The summed E-state index contributed by atoms with van der Waals surface area (Å²) in [4.78, 5) is 42.0. The zero-order valence-electron chi connectivity index (χ0n) is 21.1. The van der Waals surface area contributed by atoms with Crippen molar-refractivity contribution in [3.05, 3.63) is 54.6 Å². The van der Waals surface area contributed by atoms with E-state index < -0.39 is 10.0 Å². The molecule has 198 valence electrons. The fourth-order valence-electron chi connectivity index (χ4n) is 4.78. The van der Waals surface area contributed by atoms with Gasteiger partial charge in [-0.15, -0.1) is 0 Å². The van der Waals surface area contributed by atoms with Crippen LogP contribution < -0.4 is 14.9 Å². The molecule has 2 N–H and O–H groups in total. The lowest BCUT2D eigenvalue weighted by Crippen LogP contribution is -2.44. The number of hydrogen-bond acceptors (Lipinski definition) is 5. The van der Waals surface area contributed by atoms with Crippen LogP contribution in [-0.2, 0) is 24.4 Å². The monoisotopic (exact) mass is 526 g/mol. The number of hydrogen-bond donors (Lipinski definition) is 2. The zero-order chi connectivity index (χ0) is 26.4. The summed E-state index contributed by atoms with van der Waals surface area (Å²) < 4.78 is 27.2. The maximum atomic E-state index is 13.1. The number of piperidine rings is 1. The van der Waals surface area contributed by atoms with Crippen LogP contribution in [0.2, 0.25) is 0 Å². The Kier molecular flexibility index (Phi) is 8.60. The molecule has 0 spiro atoms. The SMILES string of the molecule is CCCCNS(=O)(=O)c1ccc(NC(=O)C2CCN(C(=O)C3CC(=O)N(c4ccccc4)C3)CC2)cc1. The minimum absolute atomic E-state index is 0.0324. The molecule has 2 fully saturated rings. The number of unbranched alkanes of at least 4 members (excludes halogenated alkanes) is 1. The maximum Gasteiger partial charge on any atom is 0.240 e. The molecule has 0 aromatic heterocycles. The number of amides is 3. The first-order valence-corrected chi connectivity index (χ1v) is 14.3. The number of para-hydroxylation sites is 1. The van der Waals surface area contributed by atoms with Crippen molar-refractivity contribution >= 4 is 39.1 Å². The van der Waals surface area contributed by atoms with Crippen LogP contribution in [0.1, 0.15) is 39.0 Å². The number of nitrogens with one attached hydrogen (secondary N) is 2. The second-order valence-corrected chi connectivity index (χ2v) is 11.4. The largest absolute Gasteiger partial charge is 0.342 e. The van der Waals surface area contributed by atoms with Gasteiger partial charge in [0.2, 0.25) is 27.7 Å². The van der Waals surface area contributed by atoms with Crippen molar-refractivity contribution < 1.29 is 22.8 Å². The lowest BCUT2D eigenvalue weighted by molar-refractivity contribution is -0.138. The van der Waals surface area contributed by atoms with Crippen molar-refractivity contribution in [3.63, 3.8) is 0 Å². The summed E-state index contributed by atoms with van der Waals surface area (Å²) in [5.41, 5.74) is 1.33. The Bertz CT molecular complexity index is 1210. The van der Waals surface area contributed by atoms with E-state index in [9.17, 15) is 22.8 Å². The minimum Gasteiger partial charge on any atom is -0.342 e. The summed E-state index contributed by atoms with van der Waals surface area (Å²) in [5, 5.41) is 2.86. The quantitative estimate of drug-likeness (QED) is 0.488. The predicted octanol–water partition coefficient (Wildman–Crippen LogP) is 3.00. The third kappa shape index (κ3) is 6.56. The Morgan fingerprint density at radius 1 is 0.973 bits per heavy atom. The lowest BCUT2D eigenvalue weighted by atomic mass is 9.94. The average Bonchev–Trinajstić information content (AvgIpc) is 3.30. The molecule has 9 nitrogen and oxygen atoms in total. The minimum atomic E-state index is -3.57. The lowest BCUT2D eigenvalue weighted by Gasteiger charge is -2.33. The van der Waals surface area contributed by atoms with E-state index in [2.05, 4.69) is 10.0 Å². The molecule has 2 aliphatic rings. The van der Waals surface area contributed by atoms with Gasteiger partial charge in [0, 0.05) is 49.9 Å². The number of rotatable bonds is 9. The first kappa shape index (κ1) is 26.8. The molecule has 4 rings (SSSR count). The van der Waals surface area contributed by atoms with Crippen LogP contribution in [0.5, 0.6) is 0 Å². The topological polar surface area (TPSA) is 116 Å². The summed E-state index contributed by atoms with van der Waals surface area (Å²) in [5.74, 6) is -0.835. The van der Waals surface area contributed by atoms with Gasteiger partial charge < -0.3 is 15.1 Å². The van der Waals surface area contributed by atoms with E-state index in [1.165, 1.54) is 12.1 Å². The highest BCUT2D eigenvalue weighted by Gasteiger charge is 2.38. The van der Waals surface area contributed by atoms with Gasteiger partial charge in [0.05, 0.1) is 10.8 Å². The van der Waals surface area contributed by atoms with Crippen LogP contribution >= 0.6 is 0 Å². The van der Waals surface area contributed by atoms with Crippen LogP contribution in [0.25, 0.3) is 0 Å². The van der Waals surface area contributed by atoms with Crippen LogP contribution in [0.15, 0.2) is 59.5 Å². The van der Waals surface area contributed by atoms with E-state index in [0.717, 1.165) is 18.5 Å². The van der Waals surface area contributed by atoms with Gasteiger partial charge in [-0.2, -0.15) is 0 Å². The van der Waals surface area contributed by atoms with E-state index in [-0.39, 0.29) is 40.9 Å². The van der Waals surface area contributed by atoms with Crippen LogP contribution in [0.4, 0.5) is 11.4 Å². The van der Waals surface area contributed by atoms with Gasteiger partial charge >= 0.3 is 0 Å². The van der Waals surface area contributed by atoms with Gasteiger partial charge in [-0.25, -0.2) is 13.1 Å². The highest BCUT2D eigenvalue weighted by atomic mass is 32.2. The number of likely N-dealkylation sites (tertiary alicyclic amines) is 1. The number of benzene rings is 2. The van der Waals surface area contributed by atoms with Gasteiger partial charge in [0.1, 0.15) is 0 Å². The fourth-order valence-corrected chi connectivity index (χ4v) is 5.85. The predicted molar refractivity (Wildman–Crippen MR) is 141 cm³/mol. The van der Waals surface area contributed by atoms with Gasteiger partial charge in [-0.05, 0) is 55.7 Å². The van der Waals surface area contributed by atoms with Gasteiger partial charge in [0.25, 0.3) is 0 Å².